The molecule has 0 spiro atoms. The third-order valence-corrected chi connectivity index (χ3v) is 3.70. The smallest absolute Gasteiger partial charge is 0.416 e. The number of halogens is 3. The van der Waals surface area contributed by atoms with Crippen LogP contribution >= 0.6 is 11.3 Å². The number of carbonyl (C=O) groups excluding carboxylic acids is 2. The van der Waals surface area contributed by atoms with E-state index >= 15 is 0 Å². The molecule has 0 aliphatic heterocycles. The van der Waals surface area contributed by atoms with Gasteiger partial charge in [0.25, 0.3) is 0 Å². The lowest BCUT2D eigenvalue weighted by atomic mass is 10.2. The number of carbonyl (C=O) groups is 2. The third kappa shape index (κ3) is 4.95. The number of esters is 1. The zero-order valence-electron chi connectivity index (χ0n) is 12.3. The summed E-state index contributed by atoms with van der Waals surface area (Å²) in [5.74, 6) is -0.431. The van der Waals surface area contributed by atoms with E-state index in [0.29, 0.717) is 4.88 Å². The van der Waals surface area contributed by atoms with Crippen molar-refractivity contribution in [3.05, 3.63) is 40.9 Å². The quantitative estimate of drug-likeness (QED) is 0.819. The fraction of sp³-hybridized carbons (Fsp3) is 0.214. The number of urea groups is 1. The molecular formula is C14H12F3N3O3S. The van der Waals surface area contributed by atoms with Gasteiger partial charge >= 0.3 is 18.2 Å². The van der Waals surface area contributed by atoms with Crippen LogP contribution in [0.3, 0.4) is 0 Å². The molecule has 2 amide bonds. The molecule has 1 heterocycles. The van der Waals surface area contributed by atoms with Crippen molar-refractivity contribution in [3.8, 4) is 0 Å². The number of anilines is 2. The molecule has 6 nitrogen and oxygen atoms in total. The number of ether oxygens (including phenoxy) is 1. The molecular weight excluding hydrogens is 347 g/mol. The Hall–Kier alpha value is -2.62. The number of thiazole rings is 1. The van der Waals surface area contributed by atoms with E-state index in [-0.39, 0.29) is 17.2 Å². The van der Waals surface area contributed by atoms with Crippen LogP contribution < -0.4 is 10.6 Å². The van der Waals surface area contributed by atoms with Crippen molar-refractivity contribution in [2.75, 3.05) is 17.7 Å². The fourth-order valence-corrected chi connectivity index (χ4v) is 2.46. The summed E-state index contributed by atoms with van der Waals surface area (Å²) in [4.78, 5) is 27.4. The van der Waals surface area contributed by atoms with Gasteiger partial charge in [-0.25, -0.2) is 9.78 Å². The molecule has 0 atom stereocenters. The van der Waals surface area contributed by atoms with E-state index in [1.165, 1.54) is 13.3 Å². The molecule has 2 N–H and O–H groups in total. The predicted molar refractivity (Wildman–Crippen MR) is 81.9 cm³/mol. The van der Waals surface area contributed by atoms with Gasteiger partial charge in [-0.3, -0.25) is 10.1 Å². The van der Waals surface area contributed by atoms with Crippen LogP contribution in [0.1, 0.15) is 10.4 Å². The Labute approximate surface area is 138 Å². The number of nitrogens with zero attached hydrogens (tertiary/aromatic N) is 1. The fourth-order valence-electron chi connectivity index (χ4n) is 1.66. The van der Waals surface area contributed by atoms with Crippen LogP contribution in [0.25, 0.3) is 0 Å². The van der Waals surface area contributed by atoms with Crippen molar-refractivity contribution in [2.24, 2.45) is 0 Å². The molecule has 0 aliphatic carbocycles. The van der Waals surface area contributed by atoms with Crippen LogP contribution in [-0.2, 0) is 22.1 Å². The van der Waals surface area contributed by atoms with Crippen LogP contribution in [0, 0.1) is 0 Å². The lowest BCUT2D eigenvalue weighted by molar-refractivity contribution is -0.140. The molecule has 128 valence electrons. The highest BCUT2D eigenvalue weighted by molar-refractivity contribution is 7.15. The number of alkyl halides is 3. The Bertz CT molecular complexity index is 729. The molecule has 10 heteroatoms. The van der Waals surface area contributed by atoms with Crippen molar-refractivity contribution in [1.82, 2.24) is 4.98 Å². The van der Waals surface area contributed by atoms with E-state index in [1.54, 1.807) is 0 Å². The van der Waals surface area contributed by atoms with Gasteiger partial charge in [-0.05, 0) is 24.3 Å². The maximum atomic E-state index is 12.4. The average Bonchev–Trinajstić information content (AvgIpc) is 2.93. The van der Waals surface area contributed by atoms with Gasteiger partial charge in [0.15, 0.2) is 5.13 Å². The van der Waals surface area contributed by atoms with Crippen LogP contribution in [0.15, 0.2) is 30.5 Å². The highest BCUT2D eigenvalue weighted by Crippen LogP contribution is 2.29. The lowest BCUT2D eigenvalue weighted by Crippen LogP contribution is -2.19. The highest BCUT2D eigenvalue weighted by atomic mass is 32.1. The number of methoxy groups -OCH3 is 1. The Morgan fingerprint density at radius 1 is 1.21 bits per heavy atom. The van der Waals surface area contributed by atoms with E-state index in [0.717, 1.165) is 35.6 Å². The standard InChI is InChI=1S/C14H12F3N3O3S/c1-23-11(21)6-10-7-18-13(24-10)20-12(22)19-9-4-2-8(3-5-9)14(15,16)17/h2-5,7H,6H2,1H3,(H2,18,19,20,22). The minimum atomic E-state index is -4.43. The Balaban J connectivity index is 1.92. The average molecular weight is 359 g/mol. The van der Waals surface area contributed by atoms with Gasteiger partial charge in [0.2, 0.25) is 0 Å². The van der Waals surface area contributed by atoms with E-state index in [9.17, 15) is 22.8 Å². The Morgan fingerprint density at radius 2 is 1.88 bits per heavy atom. The summed E-state index contributed by atoms with van der Waals surface area (Å²) in [5, 5.41) is 5.07. The number of amides is 2. The number of rotatable bonds is 4. The summed E-state index contributed by atoms with van der Waals surface area (Å²) in [6, 6.07) is 3.37. The maximum absolute atomic E-state index is 12.4. The number of hydrogen-bond donors (Lipinski definition) is 2. The summed E-state index contributed by atoms with van der Waals surface area (Å²) in [6.45, 7) is 0. The first kappa shape index (κ1) is 17.7. The van der Waals surface area contributed by atoms with E-state index in [1.807, 2.05) is 0 Å². The van der Waals surface area contributed by atoms with Crippen LogP contribution in [-0.4, -0.2) is 24.1 Å². The van der Waals surface area contributed by atoms with E-state index in [2.05, 4.69) is 20.4 Å². The SMILES string of the molecule is COC(=O)Cc1cnc(NC(=O)Nc2ccc(C(F)(F)F)cc2)s1. The monoisotopic (exact) mass is 359 g/mol. The zero-order valence-corrected chi connectivity index (χ0v) is 13.1. The predicted octanol–water partition coefficient (Wildman–Crippen LogP) is 3.52. The Kier molecular flexibility index (Phi) is 5.39. The minimum absolute atomic E-state index is 0.0381. The first-order valence-corrected chi connectivity index (χ1v) is 7.36. The molecule has 2 rings (SSSR count). The molecule has 0 radical (unpaired) electrons. The van der Waals surface area contributed by atoms with Crippen LogP contribution in [0.5, 0.6) is 0 Å². The Morgan fingerprint density at radius 3 is 2.46 bits per heavy atom. The van der Waals surface area contributed by atoms with Crippen molar-refractivity contribution < 1.29 is 27.5 Å². The van der Waals surface area contributed by atoms with Crippen LogP contribution in [0.2, 0.25) is 0 Å². The summed E-state index contributed by atoms with van der Waals surface area (Å²) in [5.41, 5.74) is -0.604. The molecule has 2 aromatic rings. The highest BCUT2D eigenvalue weighted by Gasteiger charge is 2.29. The number of hydrogen-bond acceptors (Lipinski definition) is 5. The topological polar surface area (TPSA) is 80.3 Å². The summed E-state index contributed by atoms with van der Waals surface area (Å²) < 4.78 is 41.9. The lowest BCUT2D eigenvalue weighted by Gasteiger charge is -2.08. The van der Waals surface area contributed by atoms with Crippen molar-refractivity contribution in [1.29, 1.82) is 0 Å². The van der Waals surface area contributed by atoms with Gasteiger partial charge in [0.05, 0.1) is 19.1 Å². The normalized spacial score (nSPS) is 11.0. The first-order valence-electron chi connectivity index (χ1n) is 6.54. The van der Waals surface area contributed by atoms with Gasteiger partial charge in [-0.2, -0.15) is 13.2 Å². The van der Waals surface area contributed by atoms with Crippen LogP contribution in [0.4, 0.5) is 28.8 Å². The van der Waals surface area contributed by atoms with Gasteiger partial charge in [0, 0.05) is 16.8 Å². The third-order valence-electron chi connectivity index (χ3n) is 2.79. The van der Waals surface area contributed by atoms with Gasteiger partial charge < -0.3 is 10.1 Å². The number of aromatic nitrogens is 1. The molecule has 0 fully saturated rings. The van der Waals surface area contributed by atoms with Crippen molar-refractivity contribution in [2.45, 2.75) is 12.6 Å². The summed E-state index contributed by atoms with van der Waals surface area (Å²) in [6.07, 6.45) is -2.97. The van der Waals surface area contributed by atoms with E-state index in [4.69, 9.17) is 0 Å². The molecule has 0 unspecified atom stereocenters. The first-order chi connectivity index (χ1) is 11.3. The maximum Gasteiger partial charge on any atom is 0.416 e. The molecule has 1 aromatic carbocycles. The molecule has 0 saturated carbocycles. The minimum Gasteiger partial charge on any atom is -0.469 e. The van der Waals surface area contributed by atoms with Crippen molar-refractivity contribution in [3.63, 3.8) is 0 Å². The zero-order chi connectivity index (χ0) is 17.7. The van der Waals surface area contributed by atoms with Gasteiger partial charge in [-0.15, -0.1) is 11.3 Å². The molecule has 24 heavy (non-hydrogen) atoms. The number of nitrogens with one attached hydrogen (secondary N) is 2. The largest absolute Gasteiger partial charge is 0.469 e. The van der Waals surface area contributed by atoms with E-state index < -0.39 is 23.7 Å². The summed E-state index contributed by atoms with van der Waals surface area (Å²) in [7, 11) is 1.26. The summed E-state index contributed by atoms with van der Waals surface area (Å²) >= 11 is 1.09. The second-order valence-electron chi connectivity index (χ2n) is 4.54. The molecule has 0 aliphatic rings. The van der Waals surface area contributed by atoms with Gasteiger partial charge in [-0.1, -0.05) is 0 Å². The van der Waals surface area contributed by atoms with Gasteiger partial charge in [0.1, 0.15) is 0 Å². The molecule has 1 aromatic heterocycles. The molecule has 0 saturated heterocycles. The number of benzene rings is 1. The second kappa shape index (κ2) is 7.30. The second-order valence-corrected chi connectivity index (χ2v) is 5.65. The van der Waals surface area contributed by atoms with Crippen molar-refractivity contribution >= 4 is 34.2 Å². The molecule has 0 bridgehead atoms.